The Morgan fingerprint density at radius 3 is 2.67 bits per heavy atom. The van der Waals surface area contributed by atoms with E-state index in [9.17, 15) is 4.79 Å². The van der Waals surface area contributed by atoms with Crippen molar-refractivity contribution in [1.82, 2.24) is 20.2 Å². The van der Waals surface area contributed by atoms with Crippen LogP contribution in [0.2, 0.25) is 0 Å². The van der Waals surface area contributed by atoms with Crippen LogP contribution in [0.4, 0.5) is 0 Å². The summed E-state index contributed by atoms with van der Waals surface area (Å²) in [4.78, 5) is 10.7. The van der Waals surface area contributed by atoms with E-state index in [4.69, 9.17) is 10.8 Å². The summed E-state index contributed by atoms with van der Waals surface area (Å²) in [7, 11) is 0. The lowest BCUT2D eigenvalue weighted by molar-refractivity contribution is 0.0697. The first-order valence-electron chi connectivity index (χ1n) is 5.53. The van der Waals surface area contributed by atoms with Crippen LogP contribution >= 0.6 is 0 Å². The molecule has 0 bridgehead atoms. The van der Waals surface area contributed by atoms with E-state index < -0.39 is 5.97 Å². The summed E-state index contributed by atoms with van der Waals surface area (Å²) in [6, 6.07) is 6.38. The largest absolute Gasteiger partial charge is 0.478 e. The summed E-state index contributed by atoms with van der Waals surface area (Å²) in [6.45, 7) is 0.574. The zero-order valence-electron chi connectivity index (χ0n) is 9.65. The van der Waals surface area contributed by atoms with Gasteiger partial charge in [-0.15, -0.1) is 5.10 Å². The molecule has 0 aliphatic rings. The quantitative estimate of drug-likeness (QED) is 0.784. The number of rotatable bonds is 5. The number of aromatic carboxylic acids is 1. The van der Waals surface area contributed by atoms with E-state index in [2.05, 4.69) is 15.5 Å². The molecular weight excluding hydrogens is 234 g/mol. The molecule has 18 heavy (non-hydrogen) atoms. The molecule has 2 rings (SSSR count). The Bertz CT molecular complexity index is 535. The van der Waals surface area contributed by atoms with E-state index in [1.807, 2.05) is 0 Å². The SMILES string of the molecule is NCCCc1nnnn1-c1ccc(C(=O)O)cc1. The Balaban J connectivity index is 2.25. The lowest BCUT2D eigenvalue weighted by atomic mass is 10.2. The Labute approximate surface area is 103 Å². The number of nitrogens with two attached hydrogens (primary N) is 1. The van der Waals surface area contributed by atoms with E-state index in [-0.39, 0.29) is 5.56 Å². The minimum atomic E-state index is -0.957. The molecule has 1 aromatic carbocycles. The average Bonchev–Trinajstić information content (AvgIpc) is 2.84. The third-order valence-electron chi connectivity index (χ3n) is 2.50. The number of nitrogens with zero attached hydrogens (tertiary/aromatic N) is 4. The molecule has 3 N–H and O–H groups in total. The van der Waals surface area contributed by atoms with Crippen molar-refractivity contribution >= 4 is 5.97 Å². The highest BCUT2D eigenvalue weighted by Gasteiger charge is 2.08. The summed E-state index contributed by atoms with van der Waals surface area (Å²) < 4.78 is 1.58. The standard InChI is InChI=1S/C11H13N5O2/c12-7-1-2-10-13-14-15-16(10)9-5-3-8(4-6-9)11(17)18/h3-6H,1-2,7,12H2,(H,17,18). The van der Waals surface area contributed by atoms with Crippen molar-refractivity contribution in [2.75, 3.05) is 6.54 Å². The number of carboxylic acids is 1. The number of aromatic nitrogens is 4. The maximum Gasteiger partial charge on any atom is 0.335 e. The first kappa shape index (κ1) is 12.2. The van der Waals surface area contributed by atoms with Crippen molar-refractivity contribution in [3.63, 3.8) is 0 Å². The normalized spacial score (nSPS) is 10.5. The van der Waals surface area contributed by atoms with Crippen LogP contribution < -0.4 is 5.73 Å². The lowest BCUT2D eigenvalue weighted by Crippen LogP contribution is -2.07. The van der Waals surface area contributed by atoms with Crippen molar-refractivity contribution in [2.24, 2.45) is 5.73 Å². The molecular formula is C11H13N5O2. The molecule has 0 aliphatic heterocycles. The summed E-state index contributed by atoms with van der Waals surface area (Å²) in [5, 5.41) is 20.2. The Hall–Kier alpha value is -2.28. The second-order valence-electron chi connectivity index (χ2n) is 3.75. The molecule has 0 saturated heterocycles. The number of aryl methyl sites for hydroxylation is 1. The molecule has 2 aromatic rings. The van der Waals surface area contributed by atoms with Crippen molar-refractivity contribution < 1.29 is 9.90 Å². The van der Waals surface area contributed by atoms with Gasteiger partial charge in [-0.05, 0) is 47.7 Å². The Morgan fingerprint density at radius 1 is 1.33 bits per heavy atom. The minimum Gasteiger partial charge on any atom is -0.478 e. The molecule has 7 nitrogen and oxygen atoms in total. The highest BCUT2D eigenvalue weighted by atomic mass is 16.4. The average molecular weight is 247 g/mol. The predicted octanol–water partition coefficient (Wildman–Crippen LogP) is 0.252. The highest BCUT2D eigenvalue weighted by molar-refractivity contribution is 5.87. The van der Waals surface area contributed by atoms with E-state index >= 15 is 0 Å². The van der Waals surface area contributed by atoms with Crippen LogP contribution in [0.5, 0.6) is 0 Å². The monoisotopic (exact) mass is 247 g/mol. The zero-order valence-corrected chi connectivity index (χ0v) is 9.65. The van der Waals surface area contributed by atoms with E-state index in [0.29, 0.717) is 18.8 Å². The molecule has 0 unspecified atom stereocenters. The molecule has 94 valence electrons. The van der Waals surface area contributed by atoms with Crippen LogP contribution in [-0.2, 0) is 6.42 Å². The van der Waals surface area contributed by atoms with Gasteiger partial charge in [0, 0.05) is 6.42 Å². The Morgan fingerprint density at radius 2 is 2.06 bits per heavy atom. The fourth-order valence-corrected chi connectivity index (χ4v) is 1.57. The van der Waals surface area contributed by atoms with Crippen LogP contribution in [0.25, 0.3) is 5.69 Å². The van der Waals surface area contributed by atoms with Gasteiger partial charge in [0.1, 0.15) is 0 Å². The van der Waals surface area contributed by atoms with Crippen LogP contribution in [0.15, 0.2) is 24.3 Å². The lowest BCUT2D eigenvalue weighted by Gasteiger charge is -2.04. The molecule has 0 atom stereocenters. The third-order valence-corrected chi connectivity index (χ3v) is 2.50. The molecule has 0 saturated carbocycles. The van der Waals surface area contributed by atoms with Crippen molar-refractivity contribution in [2.45, 2.75) is 12.8 Å². The van der Waals surface area contributed by atoms with Crippen molar-refractivity contribution in [3.05, 3.63) is 35.7 Å². The summed E-state index contributed by atoms with van der Waals surface area (Å²) in [5.41, 5.74) is 6.41. The van der Waals surface area contributed by atoms with Gasteiger partial charge in [-0.25, -0.2) is 4.79 Å². The van der Waals surface area contributed by atoms with Gasteiger partial charge in [-0.2, -0.15) is 4.68 Å². The molecule has 0 aliphatic carbocycles. The number of carbonyl (C=O) groups is 1. The second-order valence-corrected chi connectivity index (χ2v) is 3.75. The topological polar surface area (TPSA) is 107 Å². The van der Waals surface area contributed by atoms with Crippen molar-refractivity contribution in [3.8, 4) is 5.69 Å². The maximum absolute atomic E-state index is 10.7. The summed E-state index contributed by atoms with van der Waals surface area (Å²) >= 11 is 0. The fraction of sp³-hybridized carbons (Fsp3) is 0.273. The second kappa shape index (κ2) is 5.37. The predicted molar refractivity (Wildman–Crippen MR) is 63.5 cm³/mol. The number of hydrogen-bond donors (Lipinski definition) is 2. The van der Waals surface area contributed by atoms with Gasteiger partial charge in [0.15, 0.2) is 5.82 Å². The first-order valence-corrected chi connectivity index (χ1v) is 5.53. The van der Waals surface area contributed by atoms with E-state index in [0.717, 1.165) is 12.1 Å². The molecule has 1 aromatic heterocycles. The third kappa shape index (κ3) is 2.51. The fourth-order valence-electron chi connectivity index (χ4n) is 1.57. The van der Waals surface area contributed by atoms with Crippen LogP contribution in [0.1, 0.15) is 22.6 Å². The molecule has 0 radical (unpaired) electrons. The highest BCUT2D eigenvalue weighted by Crippen LogP contribution is 2.10. The number of hydrogen-bond acceptors (Lipinski definition) is 5. The maximum atomic E-state index is 10.7. The van der Waals surface area contributed by atoms with Crippen LogP contribution in [-0.4, -0.2) is 37.8 Å². The smallest absolute Gasteiger partial charge is 0.335 e. The van der Waals surface area contributed by atoms with E-state index in [1.54, 1.807) is 16.8 Å². The first-order chi connectivity index (χ1) is 8.72. The van der Waals surface area contributed by atoms with Gasteiger partial charge in [-0.1, -0.05) is 0 Å². The van der Waals surface area contributed by atoms with Crippen LogP contribution in [0.3, 0.4) is 0 Å². The minimum absolute atomic E-state index is 0.232. The van der Waals surface area contributed by atoms with E-state index in [1.165, 1.54) is 12.1 Å². The molecule has 0 amide bonds. The zero-order chi connectivity index (χ0) is 13.0. The van der Waals surface area contributed by atoms with Gasteiger partial charge in [0.05, 0.1) is 11.3 Å². The number of carboxylic acid groups (broad SMARTS) is 1. The van der Waals surface area contributed by atoms with Crippen molar-refractivity contribution in [1.29, 1.82) is 0 Å². The molecule has 0 fully saturated rings. The molecule has 0 spiro atoms. The van der Waals surface area contributed by atoms with Gasteiger partial charge < -0.3 is 10.8 Å². The number of benzene rings is 1. The molecule has 1 heterocycles. The van der Waals surface area contributed by atoms with Gasteiger partial charge in [0.2, 0.25) is 0 Å². The summed E-state index contributed by atoms with van der Waals surface area (Å²) in [5.74, 6) is -0.245. The van der Waals surface area contributed by atoms with Gasteiger partial charge in [-0.3, -0.25) is 0 Å². The number of tetrazole rings is 1. The van der Waals surface area contributed by atoms with Gasteiger partial charge >= 0.3 is 5.97 Å². The van der Waals surface area contributed by atoms with Gasteiger partial charge in [0.25, 0.3) is 0 Å². The van der Waals surface area contributed by atoms with Crippen LogP contribution in [0, 0.1) is 0 Å². The Kier molecular flexibility index (Phi) is 3.63. The summed E-state index contributed by atoms with van der Waals surface area (Å²) in [6.07, 6.45) is 1.48. The molecule has 7 heteroatoms.